The number of benzene rings is 2. The van der Waals surface area contributed by atoms with Crippen LogP contribution < -0.4 is 15.2 Å². The van der Waals surface area contributed by atoms with E-state index in [1.165, 1.54) is 18.2 Å². The number of primary sulfonamides is 1. The SMILES string of the molecule is COc1ccc(/C=C/C(=O)Nc2cc(S(N)(=O)=O)ccc2C)cc1. The van der Waals surface area contributed by atoms with Crippen molar-refractivity contribution in [2.45, 2.75) is 11.8 Å². The number of aryl methyl sites for hydroxylation is 1. The minimum absolute atomic E-state index is 0.0532. The summed E-state index contributed by atoms with van der Waals surface area (Å²) in [4.78, 5) is 12.0. The van der Waals surface area contributed by atoms with Crippen molar-refractivity contribution in [1.82, 2.24) is 0 Å². The number of hydrogen-bond acceptors (Lipinski definition) is 4. The van der Waals surface area contributed by atoms with Crippen LogP contribution in [0.25, 0.3) is 6.08 Å². The molecule has 0 aliphatic rings. The first-order chi connectivity index (χ1) is 11.3. The average molecular weight is 346 g/mol. The summed E-state index contributed by atoms with van der Waals surface area (Å²) in [6.07, 6.45) is 3.01. The summed E-state index contributed by atoms with van der Waals surface area (Å²) < 4.78 is 27.8. The molecule has 0 bridgehead atoms. The number of ether oxygens (including phenoxy) is 1. The fourth-order valence-electron chi connectivity index (χ4n) is 1.97. The molecule has 6 nitrogen and oxygen atoms in total. The number of nitrogens with one attached hydrogen (secondary N) is 1. The summed E-state index contributed by atoms with van der Waals surface area (Å²) in [7, 11) is -2.24. The van der Waals surface area contributed by atoms with Gasteiger partial charge < -0.3 is 10.1 Å². The van der Waals surface area contributed by atoms with E-state index >= 15 is 0 Å². The van der Waals surface area contributed by atoms with Gasteiger partial charge in [-0.1, -0.05) is 18.2 Å². The van der Waals surface area contributed by atoms with Gasteiger partial charge in [0.25, 0.3) is 0 Å². The van der Waals surface area contributed by atoms with Crippen LogP contribution >= 0.6 is 0 Å². The van der Waals surface area contributed by atoms with Gasteiger partial charge in [0, 0.05) is 11.8 Å². The van der Waals surface area contributed by atoms with Crippen LogP contribution in [0.15, 0.2) is 53.4 Å². The molecule has 0 saturated heterocycles. The Kier molecular flexibility index (Phi) is 5.38. The molecule has 0 aliphatic carbocycles. The molecule has 0 unspecified atom stereocenters. The first-order valence-corrected chi connectivity index (χ1v) is 8.61. The molecule has 0 heterocycles. The number of carbonyl (C=O) groups excluding carboxylic acids is 1. The summed E-state index contributed by atoms with van der Waals surface area (Å²) >= 11 is 0. The molecule has 0 fully saturated rings. The van der Waals surface area contributed by atoms with Crippen molar-refractivity contribution in [3.63, 3.8) is 0 Å². The lowest BCUT2D eigenvalue weighted by Gasteiger charge is -2.08. The zero-order chi connectivity index (χ0) is 17.7. The summed E-state index contributed by atoms with van der Waals surface area (Å²) in [5.41, 5.74) is 1.96. The van der Waals surface area contributed by atoms with Crippen LogP contribution in [0.5, 0.6) is 5.75 Å². The van der Waals surface area contributed by atoms with Gasteiger partial charge in [-0.15, -0.1) is 0 Å². The minimum Gasteiger partial charge on any atom is -0.497 e. The predicted octanol–water partition coefficient (Wildman–Crippen LogP) is 2.30. The minimum atomic E-state index is -3.82. The molecule has 0 spiro atoms. The largest absolute Gasteiger partial charge is 0.497 e. The van der Waals surface area contributed by atoms with Crippen molar-refractivity contribution in [3.8, 4) is 5.75 Å². The molecule has 2 aromatic rings. The molecule has 2 rings (SSSR count). The molecule has 1 amide bonds. The maximum Gasteiger partial charge on any atom is 0.248 e. The summed E-state index contributed by atoms with van der Waals surface area (Å²) in [6, 6.07) is 11.5. The molecule has 0 aromatic heterocycles. The highest BCUT2D eigenvalue weighted by Gasteiger charge is 2.10. The van der Waals surface area contributed by atoms with Crippen LogP contribution in [0.2, 0.25) is 0 Å². The van der Waals surface area contributed by atoms with Gasteiger partial charge in [-0.25, -0.2) is 13.6 Å². The van der Waals surface area contributed by atoms with Crippen molar-refractivity contribution in [1.29, 1.82) is 0 Å². The fourth-order valence-corrected chi connectivity index (χ4v) is 2.51. The van der Waals surface area contributed by atoms with E-state index in [4.69, 9.17) is 9.88 Å². The van der Waals surface area contributed by atoms with Gasteiger partial charge in [0.1, 0.15) is 5.75 Å². The third kappa shape index (κ3) is 4.68. The Balaban J connectivity index is 2.13. The Morgan fingerprint density at radius 2 is 1.83 bits per heavy atom. The van der Waals surface area contributed by atoms with Crippen molar-refractivity contribution >= 4 is 27.7 Å². The van der Waals surface area contributed by atoms with Crippen LogP contribution in [0.4, 0.5) is 5.69 Å². The number of rotatable bonds is 5. The summed E-state index contributed by atoms with van der Waals surface area (Å²) in [6.45, 7) is 1.76. The Hall–Kier alpha value is -2.64. The molecule has 0 atom stereocenters. The van der Waals surface area contributed by atoms with E-state index < -0.39 is 10.0 Å². The summed E-state index contributed by atoms with van der Waals surface area (Å²) in [5, 5.41) is 7.75. The number of hydrogen-bond donors (Lipinski definition) is 2. The van der Waals surface area contributed by atoms with Gasteiger partial charge >= 0.3 is 0 Å². The number of nitrogens with two attached hydrogens (primary N) is 1. The maximum atomic E-state index is 12.0. The second-order valence-corrected chi connectivity index (χ2v) is 6.68. The number of anilines is 1. The highest BCUT2D eigenvalue weighted by molar-refractivity contribution is 7.89. The van der Waals surface area contributed by atoms with Crippen molar-refractivity contribution < 1.29 is 17.9 Å². The number of methoxy groups -OCH3 is 1. The Labute approximate surface area is 141 Å². The Morgan fingerprint density at radius 3 is 2.42 bits per heavy atom. The molecular weight excluding hydrogens is 328 g/mol. The molecule has 24 heavy (non-hydrogen) atoms. The topological polar surface area (TPSA) is 98.5 Å². The highest BCUT2D eigenvalue weighted by Crippen LogP contribution is 2.19. The zero-order valence-corrected chi connectivity index (χ0v) is 14.1. The first kappa shape index (κ1) is 17.7. The number of sulfonamides is 1. The van der Waals surface area contributed by atoms with Crippen molar-refractivity contribution in [2.24, 2.45) is 5.14 Å². The van der Waals surface area contributed by atoms with Crippen LogP contribution in [-0.4, -0.2) is 21.4 Å². The van der Waals surface area contributed by atoms with Gasteiger partial charge in [0.05, 0.1) is 12.0 Å². The lowest BCUT2D eigenvalue weighted by Crippen LogP contribution is -2.14. The first-order valence-electron chi connectivity index (χ1n) is 7.06. The van der Waals surface area contributed by atoms with E-state index in [1.807, 2.05) is 12.1 Å². The van der Waals surface area contributed by atoms with Gasteiger partial charge in [-0.2, -0.15) is 0 Å². The lowest BCUT2D eigenvalue weighted by molar-refractivity contribution is -0.111. The van der Waals surface area contributed by atoms with Gasteiger partial charge in [0.15, 0.2) is 0 Å². The molecule has 0 saturated carbocycles. The number of amides is 1. The third-order valence-corrected chi connectivity index (χ3v) is 4.25. The quantitative estimate of drug-likeness (QED) is 0.812. The molecule has 0 aliphatic heterocycles. The average Bonchev–Trinajstić information content (AvgIpc) is 2.54. The maximum absolute atomic E-state index is 12.0. The van der Waals surface area contributed by atoms with Crippen LogP contribution in [0.1, 0.15) is 11.1 Å². The lowest BCUT2D eigenvalue weighted by atomic mass is 10.2. The van der Waals surface area contributed by atoms with E-state index in [9.17, 15) is 13.2 Å². The van der Waals surface area contributed by atoms with E-state index in [0.29, 0.717) is 5.69 Å². The normalized spacial score (nSPS) is 11.5. The third-order valence-electron chi connectivity index (χ3n) is 3.34. The molecule has 0 radical (unpaired) electrons. The van der Waals surface area contributed by atoms with Gasteiger partial charge in [-0.05, 0) is 48.4 Å². The molecule has 126 valence electrons. The molecule has 3 N–H and O–H groups in total. The fraction of sp³-hybridized carbons (Fsp3) is 0.118. The van der Waals surface area contributed by atoms with Gasteiger partial charge in [0.2, 0.25) is 15.9 Å². The number of carbonyl (C=O) groups is 1. The van der Waals surface area contributed by atoms with Crippen LogP contribution in [-0.2, 0) is 14.8 Å². The second-order valence-electron chi connectivity index (χ2n) is 5.12. The van der Waals surface area contributed by atoms with Gasteiger partial charge in [-0.3, -0.25) is 4.79 Å². The monoisotopic (exact) mass is 346 g/mol. The molecular formula is C17H18N2O4S. The zero-order valence-electron chi connectivity index (χ0n) is 13.3. The van der Waals surface area contributed by atoms with E-state index in [2.05, 4.69) is 5.32 Å². The van der Waals surface area contributed by atoms with E-state index in [0.717, 1.165) is 16.9 Å². The second kappa shape index (κ2) is 7.29. The molecule has 2 aromatic carbocycles. The van der Waals surface area contributed by atoms with E-state index in [-0.39, 0.29) is 10.8 Å². The standard InChI is InChI=1S/C17H18N2O4S/c1-12-3-9-15(24(18,21)22)11-16(12)19-17(20)10-6-13-4-7-14(23-2)8-5-13/h3-11H,1-2H3,(H,19,20)(H2,18,21,22)/b10-6+. The highest BCUT2D eigenvalue weighted by atomic mass is 32.2. The van der Waals surface area contributed by atoms with Crippen molar-refractivity contribution in [2.75, 3.05) is 12.4 Å². The summed E-state index contributed by atoms with van der Waals surface area (Å²) in [5.74, 6) is 0.354. The van der Waals surface area contributed by atoms with Crippen LogP contribution in [0.3, 0.4) is 0 Å². The van der Waals surface area contributed by atoms with Crippen molar-refractivity contribution in [3.05, 3.63) is 59.7 Å². The Morgan fingerprint density at radius 1 is 1.17 bits per heavy atom. The van der Waals surface area contributed by atoms with Crippen LogP contribution in [0, 0.1) is 6.92 Å². The van der Waals surface area contributed by atoms with E-state index in [1.54, 1.807) is 38.3 Å². The smallest absolute Gasteiger partial charge is 0.248 e. The predicted molar refractivity (Wildman–Crippen MR) is 93.2 cm³/mol. The Bertz CT molecular complexity index is 872. The molecule has 7 heteroatoms.